The molecule has 1 aliphatic rings. The Bertz CT molecular complexity index is 575. The molecule has 2 aromatic rings. The molecule has 0 saturated heterocycles. The molecule has 1 fully saturated rings. The van der Waals surface area contributed by atoms with Crippen LogP contribution in [-0.2, 0) is 6.54 Å². The van der Waals surface area contributed by atoms with Crippen molar-refractivity contribution in [3.8, 4) is 12.0 Å². The van der Waals surface area contributed by atoms with Gasteiger partial charge < -0.3 is 5.32 Å². The van der Waals surface area contributed by atoms with Crippen LogP contribution in [0.4, 0.5) is 0 Å². The van der Waals surface area contributed by atoms with E-state index in [2.05, 4.69) is 20.3 Å². The molecule has 0 unspecified atom stereocenters. The summed E-state index contributed by atoms with van der Waals surface area (Å²) in [5.41, 5.74) is 1.05. The van der Waals surface area contributed by atoms with E-state index in [1.807, 2.05) is 6.07 Å². The van der Waals surface area contributed by atoms with Crippen LogP contribution >= 0.6 is 0 Å². The van der Waals surface area contributed by atoms with E-state index in [9.17, 15) is 0 Å². The van der Waals surface area contributed by atoms with Gasteiger partial charge in [0.05, 0.1) is 0 Å². The van der Waals surface area contributed by atoms with Gasteiger partial charge in [-0.15, -0.1) is 0 Å². The molecule has 0 amide bonds. The minimum atomic E-state index is 0.291. The van der Waals surface area contributed by atoms with Crippen molar-refractivity contribution in [2.24, 2.45) is 0 Å². The number of nitrogens with zero attached hydrogens (tertiary/aromatic N) is 5. The predicted molar refractivity (Wildman–Crippen MR) is 63.7 cm³/mol. The molecular weight excluding hydrogens is 228 g/mol. The SMILES string of the molecule is N#Cc1nccn1-c1ncc(CNC2CC2)cn1. The number of imidazole rings is 1. The molecule has 0 atom stereocenters. The van der Waals surface area contributed by atoms with Crippen molar-refractivity contribution in [1.82, 2.24) is 24.8 Å². The Labute approximate surface area is 104 Å². The molecule has 6 heteroatoms. The Morgan fingerprint density at radius 1 is 1.33 bits per heavy atom. The highest BCUT2D eigenvalue weighted by molar-refractivity contribution is 5.23. The van der Waals surface area contributed by atoms with Crippen LogP contribution in [-0.4, -0.2) is 25.6 Å². The number of rotatable bonds is 4. The second kappa shape index (κ2) is 4.55. The lowest BCUT2D eigenvalue weighted by atomic mass is 10.3. The van der Waals surface area contributed by atoms with Crippen molar-refractivity contribution >= 4 is 0 Å². The Morgan fingerprint density at radius 2 is 2.11 bits per heavy atom. The first kappa shape index (κ1) is 10.9. The van der Waals surface area contributed by atoms with E-state index >= 15 is 0 Å². The van der Waals surface area contributed by atoms with Crippen LogP contribution in [0.25, 0.3) is 5.95 Å². The fourth-order valence-corrected chi connectivity index (χ4v) is 1.66. The third-order valence-corrected chi connectivity index (χ3v) is 2.82. The third kappa shape index (κ3) is 2.21. The Hall–Kier alpha value is -2.26. The summed E-state index contributed by atoms with van der Waals surface area (Å²) >= 11 is 0. The van der Waals surface area contributed by atoms with Crippen molar-refractivity contribution in [1.29, 1.82) is 5.26 Å². The summed E-state index contributed by atoms with van der Waals surface area (Å²) in [6.07, 6.45) is 9.32. The fraction of sp³-hybridized carbons (Fsp3) is 0.333. The summed E-state index contributed by atoms with van der Waals surface area (Å²) in [5, 5.41) is 12.3. The number of aromatic nitrogens is 4. The summed E-state index contributed by atoms with van der Waals surface area (Å²) in [6.45, 7) is 0.792. The van der Waals surface area contributed by atoms with E-state index in [0.717, 1.165) is 12.1 Å². The summed E-state index contributed by atoms with van der Waals surface area (Å²) in [7, 11) is 0. The minimum Gasteiger partial charge on any atom is -0.310 e. The largest absolute Gasteiger partial charge is 0.310 e. The van der Waals surface area contributed by atoms with Gasteiger partial charge in [0, 0.05) is 42.9 Å². The summed E-state index contributed by atoms with van der Waals surface area (Å²) in [6, 6.07) is 2.67. The molecule has 0 aromatic carbocycles. The zero-order valence-electron chi connectivity index (χ0n) is 9.74. The highest BCUT2D eigenvalue weighted by atomic mass is 15.2. The van der Waals surface area contributed by atoms with Crippen molar-refractivity contribution in [2.45, 2.75) is 25.4 Å². The molecule has 6 nitrogen and oxygen atoms in total. The lowest BCUT2D eigenvalue weighted by molar-refractivity contribution is 0.682. The average molecular weight is 240 g/mol. The lowest BCUT2D eigenvalue weighted by Crippen LogP contribution is -2.16. The highest BCUT2D eigenvalue weighted by Gasteiger charge is 2.20. The molecule has 1 aliphatic carbocycles. The Balaban J connectivity index is 1.75. The number of nitriles is 1. The smallest absolute Gasteiger partial charge is 0.235 e. The number of hydrogen-bond acceptors (Lipinski definition) is 5. The van der Waals surface area contributed by atoms with Gasteiger partial charge in [-0.1, -0.05) is 0 Å². The molecule has 3 rings (SSSR count). The zero-order chi connectivity index (χ0) is 12.4. The van der Waals surface area contributed by atoms with Crippen molar-refractivity contribution in [3.05, 3.63) is 36.2 Å². The second-order valence-electron chi connectivity index (χ2n) is 4.28. The molecule has 18 heavy (non-hydrogen) atoms. The molecule has 2 heterocycles. The van der Waals surface area contributed by atoms with Gasteiger partial charge in [0.1, 0.15) is 6.07 Å². The molecule has 1 N–H and O–H groups in total. The van der Waals surface area contributed by atoms with Gasteiger partial charge in [-0.2, -0.15) is 5.26 Å². The van der Waals surface area contributed by atoms with Crippen molar-refractivity contribution in [2.75, 3.05) is 0 Å². The molecule has 0 aliphatic heterocycles. The predicted octanol–water partition coefficient (Wildman–Crippen LogP) is 0.786. The van der Waals surface area contributed by atoms with E-state index in [4.69, 9.17) is 5.26 Å². The van der Waals surface area contributed by atoms with Gasteiger partial charge in [0.25, 0.3) is 0 Å². The summed E-state index contributed by atoms with van der Waals surface area (Å²) < 4.78 is 1.57. The van der Waals surface area contributed by atoms with E-state index in [0.29, 0.717) is 17.8 Å². The van der Waals surface area contributed by atoms with Crippen LogP contribution in [0.3, 0.4) is 0 Å². The van der Waals surface area contributed by atoms with Gasteiger partial charge in [0.15, 0.2) is 0 Å². The third-order valence-electron chi connectivity index (χ3n) is 2.82. The molecule has 2 aromatic heterocycles. The zero-order valence-corrected chi connectivity index (χ0v) is 9.74. The fourth-order valence-electron chi connectivity index (χ4n) is 1.66. The van der Waals surface area contributed by atoms with Crippen LogP contribution < -0.4 is 5.32 Å². The number of nitrogens with one attached hydrogen (secondary N) is 1. The maximum absolute atomic E-state index is 8.88. The van der Waals surface area contributed by atoms with Crippen LogP contribution in [0.2, 0.25) is 0 Å². The first-order chi connectivity index (χ1) is 8.86. The molecule has 90 valence electrons. The van der Waals surface area contributed by atoms with Gasteiger partial charge in [-0.05, 0) is 12.8 Å². The van der Waals surface area contributed by atoms with Gasteiger partial charge in [-0.3, -0.25) is 4.57 Å². The van der Waals surface area contributed by atoms with E-state index in [1.54, 1.807) is 29.4 Å². The molecule has 0 bridgehead atoms. The standard InChI is InChI=1S/C12H12N6/c13-5-11-14-3-4-18(11)12-16-7-9(8-17-12)6-15-10-1-2-10/h3-4,7-8,10,15H,1-2,6H2. The minimum absolute atomic E-state index is 0.291. The van der Waals surface area contributed by atoms with E-state index in [-0.39, 0.29) is 0 Å². The van der Waals surface area contributed by atoms with Gasteiger partial charge >= 0.3 is 0 Å². The first-order valence-corrected chi connectivity index (χ1v) is 5.85. The van der Waals surface area contributed by atoms with E-state index in [1.165, 1.54) is 12.8 Å². The Kier molecular flexibility index (Phi) is 2.74. The van der Waals surface area contributed by atoms with E-state index < -0.39 is 0 Å². The van der Waals surface area contributed by atoms with Gasteiger partial charge in [0.2, 0.25) is 11.8 Å². The van der Waals surface area contributed by atoms with Crippen molar-refractivity contribution < 1.29 is 0 Å². The highest BCUT2D eigenvalue weighted by Crippen LogP contribution is 2.19. The molecule has 0 spiro atoms. The monoisotopic (exact) mass is 240 g/mol. The molecular formula is C12H12N6. The normalized spacial score (nSPS) is 14.4. The van der Waals surface area contributed by atoms with Crippen molar-refractivity contribution in [3.63, 3.8) is 0 Å². The maximum atomic E-state index is 8.88. The van der Waals surface area contributed by atoms with Crippen LogP contribution in [0, 0.1) is 11.3 Å². The average Bonchev–Trinajstić information content (AvgIpc) is 3.12. The quantitative estimate of drug-likeness (QED) is 0.854. The lowest BCUT2D eigenvalue weighted by Gasteiger charge is -2.04. The second-order valence-corrected chi connectivity index (χ2v) is 4.28. The van der Waals surface area contributed by atoms with Crippen LogP contribution in [0.1, 0.15) is 24.2 Å². The first-order valence-electron chi connectivity index (χ1n) is 5.85. The summed E-state index contributed by atoms with van der Waals surface area (Å²) in [4.78, 5) is 12.4. The number of hydrogen-bond donors (Lipinski definition) is 1. The summed E-state index contributed by atoms with van der Waals surface area (Å²) in [5.74, 6) is 0.762. The van der Waals surface area contributed by atoms with Crippen LogP contribution in [0.5, 0.6) is 0 Å². The van der Waals surface area contributed by atoms with Crippen LogP contribution in [0.15, 0.2) is 24.8 Å². The maximum Gasteiger partial charge on any atom is 0.235 e. The Morgan fingerprint density at radius 3 is 2.78 bits per heavy atom. The topological polar surface area (TPSA) is 79.4 Å². The van der Waals surface area contributed by atoms with Gasteiger partial charge in [-0.25, -0.2) is 15.0 Å². The molecule has 1 saturated carbocycles. The molecule has 0 radical (unpaired) electrons.